The molecule has 1 aliphatic rings. The van der Waals surface area contributed by atoms with Crippen LogP contribution in [0, 0.1) is 11.6 Å². The van der Waals surface area contributed by atoms with Crippen LogP contribution in [-0.4, -0.2) is 28.4 Å². The van der Waals surface area contributed by atoms with Gasteiger partial charge >= 0.3 is 5.97 Å². The van der Waals surface area contributed by atoms with Crippen molar-refractivity contribution in [3.63, 3.8) is 0 Å². The monoisotopic (exact) mass is 255 g/mol. The van der Waals surface area contributed by atoms with Crippen molar-refractivity contribution in [1.29, 1.82) is 0 Å². The van der Waals surface area contributed by atoms with Crippen molar-refractivity contribution in [3.05, 3.63) is 35.4 Å². The van der Waals surface area contributed by atoms with E-state index in [9.17, 15) is 18.4 Å². The molecular formula is C12H11F2NO3. The lowest BCUT2D eigenvalue weighted by molar-refractivity contribution is -0.147. The van der Waals surface area contributed by atoms with Crippen LogP contribution >= 0.6 is 0 Å². The Morgan fingerprint density at radius 1 is 1.39 bits per heavy atom. The summed E-state index contributed by atoms with van der Waals surface area (Å²) in [5.41, 5.74) is 0.0559. The summed E-state index contributed by atoms with van der Waals surface area (Å²) < 4.78 is 25.9. The number of amides is 1. The maximum absolute atomic E-state index is 13.1. The van der Waals surface area contributed by atoms with Gasteiger partial charge in [0, 0.05) is 6.04 Å². The van der Waals surface area contributed by atoms with E-state index in [-0.39, 0.29) is 11.6 Å². The molecule has 0 heterocycles. The average Bonchev–Trinajstić information content (AvgIpc) is 3.13. The Bertz CT molecular complexity index is 488. The Morgan fingerprint density at radius 2 is 2.06 bits per heavy atom. The van der Waals surface area contributed by atoms with E-state index in [1.807, 2.05) is 0 Å². The second-order valence-corrected chi connectivity index (χ2v) is 4.20. The van der Waals surface area contributed by atoms with E-state index in [2.05, 4.69) is 0 Å². The summed E-state index contributed by atoms with van der Waals surface area (Å²) in [6.07, 6.45) is 1.90. The summed E-state index contributed by atoms with van der Waals surface area (Å²) >= 11 is 0. The number of carbonyl (C=O) groups is 2. The van der Waals surface area contributed by atoms with Gasteiger partial charge in [0.15, 0.2) is 17.7 Å². The summed E-state index contributed by atoms with van der Waals surface area (Å²) in [6, 6.07) is 1.45. The van der Waals surface area contributed by atoms with Gasteiger partial charge in [0.1, 0.15) is 0 Å². The van der Waals surface area contributed by atoms with Crippen LogP contribution in [-0.2, 0) is 9.59 Å². The third-order valence-corrected chi connectivity index (χ3v) is 2.88. The number of aliphatic carboxylic acids is 1. The molecule has 1 amide bonds. The normalized spacial score (nSPS) is 16.1. The molecule has 0 bridgehead atoms. The largest absolute Gasteiger partial charge is 0.479 e. The number of benzene rings is 1. The topological polar surface area (TPSA) is 57.6 Å². The van der Waals surface area contributed by atoms with Crippen LogP contribution in [0.5, 0.6) is 0 Å². The summed E-state index contributed by atoms with van der Waals surface area (Å²) in [7, 11) is 0. The van der Waals surface area contributed by atoms with E-state index >= 15 is 0 Å². The van der Waals surface area contributed by atoms with Gasteiger partial charge in [-0.1, -0.05) is 6.07 Å². The van der Waals surface area contributed by atoms with Crippen LogP contribution in [0.4, 0.5) is 8.78 Å². The summed E-state index contributed by atoms with van der Waals surface area (Å²) in [5, 5.41) is 9.15. The van der Waals surface area contributed by atoms with Crippen LogP contribution in [0.3, 0.4) is 0 Å². The highest BCUT2D eigenvalue weighted by Crippen LogP contribution is 2.33. The molecule has 1 fully saturated rings. The lowest BCUT2D eigenvalue weighted by atomic mass is 10.1. The molecule has 1 unspecified atom stereocenters. The smallest absolute Gasteiger partial charge is 0.331 e. The van der Waals surface area contributed by atoms with Crippen LogP contribution in [0.15, 0.2) is 18.2 Å². The van der Waals surface area contributed by atoms with E-state index in [4.69, 9.17) is 5.11 Å². The molecule has 6 heteroatoms. The molecule has 1 aliphatic carbocycles. The van der Waals surface area contributed by atoms with E-state index in [1.165, 1.54) is 6.07 Å². The third-order valence-electron chi connectivity index (χ3n) is 2.88. The zero-order chi connectivity index (χ0) is 13.3. The van der Waals surface area contributed by atoms with Gasteiger partial charge in [-0.25, -0.2) is 13.6 Å². The molecule has 0 saturated heterocycles. The Labute approximate surface area is 102 Å². The standard InChI is InChI=1S/C12H11F2NO3/c13-9-4-1-7(5-10(9)14)11(12(17)18)15(6-16)8-2-3-8/h1,4-6,8,11H,2-3H2,(H,17,18). The molecule has 18 heavy (non-hydrogen) atoms. The number of halogens is 2. The van der Waals surface area contributed by atoms with Crippen molar-refractivity contribution in [2.24, 2.45) is 0 Å². The van der Waals surface area contributed by atoms with Crippen LogP contribution < -0.4 is 0 Å². The summed E-state index contributed by atoms with van der Waals surface area (Å²) in [4.78, 5) is 23.3. The number of hydrogen-bond donors (Lipinski definition) is 1. The zero-order valence-electron chi connectivity index (χ0n) is 9.35. The first kappa shape index (κ1) is 12.5. The number of nitrogens with zero attached hydrogens (tertiary/aromatic N) is 1. The molecule has 1 N–H and O–H groups in total. The third kappa shape index (κ3) is 2.32. The first-order valence-electron chi connectivity index (χ1n) is 5.45. The Hall–Kier alpha value is -1.98. The molecule has 96 valence electrons. The fourth-order valence-corrected chi connectivity index (χ4v) is 1.86. The lowest BCUT2D eigenvalue weighted by Gasteiger charge is -2.25. The molecule has 1 atom stereocenters. The molecule has 4 nitrogen and oxygen atoms in total. The van der Waals surface area contributed by atoms with Crippen LogP contribution in [0.1, 0.15) is 24.4 Å². The van der Waals surface area contributed by atoms with E-state index in [0.717, 1.165) is 29.9 Å². The minimum Gasteiger partial charge on any atom is -0.479 e. The predicted molar refractivity (Wildman–Crippen MR) is 57.7 cm³/mol. The fraction of sp³-hybridized carbons (Fsp3) is 0.333. The molecular weight excluding hydrogens is 244 g/mol. The van der Waals surface area contributed by atoms with E-state index in [0.29, 0.717) is 6.41 Å². The highest BCUT2D eigenvalue weighted by atomic mass is 19.2. The molecule has 0 radical (unpaired) electrons. The molecule has 1 saturated carbocycles. The highest BCUT2D eigenvalue weighted by molar-refractivity contribution is 5.78. The Balaban J connectivity index is 2.36. The van der Waals surface area contributed by atoms with E-state index < -0.39 is 23.6 Å². The summed E-state index contributed by atoms with van der Waals surface area (Å²) in [5.74, 6) is -3.44. The van der Waals surface area contributed by atoms with Gasteiger partial charge in [-0.15, -0.1) is 0 Å². The minimum absolute atomic E-state index is 0.0559. The SMILES string of the molecule is O=CN(C1CC1)C(C(=O)O)c1ccc(F)c(F)c1. The molecule has 0 spiro atoms. The average molecular weight is 255 g/mol. The zero-order valence-corrected chi connectivity index (χ0v) is 9.35. The van der Waals surface area contributed by atoms with Crippen LogP contribution in [0.25, 0.3) is 0 Å². The van der Waals surface area contributed by atoms with E-state index in [1.54, 1.807) is 0 Å². The first-order chi connectivity index (χ1) is 8.54. The van der Waals surface area contributed by atoms with Crippen molar-refractivity contribution in [2.45, 2.75) is 24.9 Å². The van der Waals surface area contributed by atoms with Gasteiger partial charge < -0.3 is 10.0 Å². The van der Waals surface area contributed by atoms with Gasteiger partial charge in [-0.3, -0.25) is 4.79 Å². The van der Waals surface area contributed by atoms with Crippen molar-refractivity contribution < 1.29 is 23.5 Å². The van der Waals surface area contributed by atoms with Gasteiger partial charge in [0.2, 0.25) is 6.41 Å². The van der Waals surface area contributed by atoms with Gasteiger partial charge in [0.25, 0.3) is 0 Å². The maximum atomic E-state index is 13.1. The Kier molecular flexibility index (Phi) is 3.27. The second-order valence-electron chi connectivity index (χ2n) is 4.20. The van der Waals surface area contributed by atoms with Crippen molar-refractivity contribution >= 4 is 12.4 Å². The first-order valence-corrected chi connectivity index (χ1v) is 5.45. The van der Waals surface area contributed by atoms with Gasteiger partial charge in [-0.2, -0.15) is 0 Å². The number of carboxylic acids is 1. The maximum Gasteiger partial charge on any atom is 0.331 e. The van der Waals surface area contributed by atoms with Crippen molar-refractivity contribution in [3.8, 4) is 0 Å². The predicted octanol–water partition coefficient (Wildman–Crippen LogP) is 1.71. The number of hydrogen-bond acceptors (Lipinski definition) is 2. The molecule has 2 rings (SSSR count). The summed E-state index contributed by atoms with van der Waals surface area (Å²) in [6.45, 7) is 0. The number of rotatable bonds is 5. The quantitative estimate of drug-likeness (QED) is 0.815. The molecule has 0 aromatic heterocycles. The van der Waals surface area contributed by atoms with Crippen LogP contribution in [0.2, 0.25) is 0 Å². The highest BCUT2D eigenvalue weighted by Gasteiger charge is 2.37. The second kappa shape index (κ2) is 4.72. The number of carbonyl (C=O) groups excluding carboxylic acids is 1. The Morgan fingerprint density at radius 3 is 2.50 bits per heavy atom. The van der Waals surface area contributed by atoms with Gasteiger partial charge in [0.05, 0.1) is 0 Å². The molecule has 1 aromatic carbocycles. The fourth-order valence-electron chi connectivity index (χ4n) is 1.86. The van der Waals surface area contributed by atoms with Gasteiger partial charge in [-0.05, 0) is 30.5 Å². The molecule has 1 aromatic rings. The lowest BCUT2D eigenvalue weighted by Crippen LogP contribution is -2.34. The number of carboxylic acid groups (broad SMARTS) is 1. The minimum atomic E-state index is -1.27. The van der Waals surface area contributed by atoms with Crippen molar-refractivity contribution in [2.75, 3.05) is 0 Å². The van der Waals surface area contributed by atoms with Crippen molar-refractivity contribution in [1.82, 2.24) is 4.90 Å². The molecule has 0 aliphatic heterocycles.